The third-order valence-corrected chi connectivity index (χ3v) is 3.81. The maximum Gasteiger partial charge on any atom is 0.237 e. The van der Waals surface area contributed by atoms with Gasteiger partial charge in [0.1, 0.15) is 5.82 Å². The lowest BCUT2D eigenvalue weighted by atomic mass is 9.95. The minimum Gasteiger partial charge on any atom is -0.368 e. The van der Waals surface area contributed by atoms with E-state index in [0.29, 0.717) is 6.42 Å². The van der Waals surface area contributed by atoms with Crippen molar-refractivity contribution in [3.8, 4) is 0 Å². The highest BCUT2D eigenvalue weighted by Crippen LogP contribution is 2.13. The van der Waals surface area contributed by atoms with Crippen molar-refractivity contribution in [2.75, 3.05) is 13.1 Å². The van der Waals surface area contributed by atoms with Crippen LogP contribution in [0.1, 0.15) is 32.0 Å². The molecule has 0 fully saturated rings. The van der Waals surface area contributed by atoms with Crippen LogP contribution in [0.3, 0.4) is 0 Å². The predicted molar refractivity (Wildman–Crippen MR) is 73.1 cm³/mol. The highest BCUT2D eigenvalue weighted by Gasteiger charge is 2.24. The van der Waals surface area contributed by atoms with E-state index in [1.54, 1.807) is 6.92 Å². The first kappa shape index (κ1) is 14.0. The first-order valence-corrected chi connectivity index (χ1v) is 6.80. The molecule has 0 aliphatic carbocycles. The summed E-state index contributed by atoms with van der Waals surface area (Å²) in [5.41, 5.74) is 10.2. The molecule has 19 heavy (non-hydrogen) atoms. The molecule has 0 saturated carbocycles. The van der Waals surface area contributed by atoms with Crippen molar-refractivity contribution in [2.24, 2.45) is 11.5 Å². The number of aromatic nitrogens is 2. The number of imidazole rings is 1. The lowest BCUT2D eigenvalue weighted by Crippen LogP contribution is -2.49. The van der Waals surface area contributed by atoms with Crippen LogP contribution in [-0.4, -0.2) is 39.0 Å². The van der Waals surface area contributed by atoms with Gasteiger partial charge in [-0.1, -0.05) is 0 Å². The van der Waals surface area contributed by atoms with Crippen LogP contribution in [0.25, 0.3) is 0 Å². The normalized spacial score (nSPS) is 18.8. The van der Waals surface area contributed by atoms with E-state index in [4.69, 9.17) is 11.5 Å². The van der Waals surface area contributed by atoms with E-state index in [1.807, 2.05) is 12.4 Å². The Labute approximate surface area is 113 Å². The van der Waals surface area contributed by atoms with Gasteiger partial charge in [0.2, 0.25) is 5.91 Å². The lowest BCUT2D eigenvalue weighted by molar-refractivity contribution is -0.122. The average Bonchev–Trinajstić information content (AvgIpc) is 2.81. The van der Waals surface area contributed by atoms with E-state index in [0.717, 1.165) is 44.8 Å². The highest BCUT2D eigenvalue weighted by atomic mass is 16.1. The molecule has 1 aromatic rings. The molecule has 1 atom stereocenters. The van der Waals surface area contributed by atoms with Crippen LogP contribution in [0, 0.1) is 0 Å². The van der Waals surface area contributed by atoms with Crippen LogP contribution < -0.4 is 11.5 Å². The maximum atomic E-state index is 11.1. The second-order valence-corrected chi connectivity index (χ2v) is 5.55. The molecule has 0 saturated heterocycles. The summed E-state index contributed by atoms with van der Waals surface area (Å²) in [6.45, 7) is 5.68. The number of nitrogens with two attached hydrogens (primary N) is 2. The van der Waals surface area contributed by atoms with Crippen LogP contribution in [0.5, 0.6) is 0 Å². The van der Waals surface area contributed by atoms with E-state index in [-0.39, 0.29) is 0 Å². The summed E-state index contributed by atoms with van der Waals surface area (Å²) in [4.78, 5) is 17.8. The third-order valence-electron chi connectivity index (χ3n) is 3.81. The fourth-order valence-electron chi connectivity index (χ4n) is 2.37. The number of amides is 1. The van der Waals surface area contributed by atoms with Gasteiger partial charge in [0.05, 0.1) is 12.1 Å². The Morgan fingerprint density at radius 1 is 1.47 bits per heavy atom. The largest absolute Gasteiger partial charge is 0.368 e. The number of carbonyl (C=O) groups is 1. The summed E-state index contributed by atoms with van der Waals surface area (Å²) >= 11 is 0. The molecule has 1 unspecified atom stereocenters. The summed E-state index contributed by atoms with van der Waals surface area (Å²) in [6.07, 6.45) is 6.47. The number of carbonyl (C=O) groups excluding carboxylic acids is 1. The quantitative estimate of drug-likeness (QED) is 0.712. The Hall–Kier alpha value is -1.40. The lowest BCUT2D eigenvalue weighted by Gasteiger charge is -2.28. The van der Waals surface area contributed by atoms with E-state index in [1.165, 1.54) is 0 Å². The zero-order valence-electron chi connectivity index (χ0n) is 11.5. The molecule has 2 rings (SSSR count). The summed E-state index contributed by atoms with van der Waals surface area (Å²) < 4.78 is 2.19. The van der Waals surface area contributed by atoms with Crippen LogP contribution >= 0.6 is 0 Å². The highest BCUT2D eigenvalue weighted by molar-refractivity contribution is 5.83. The zero-order chi connectivity index (χ0) is 13.9. The molecule has 1 aromatic heterocycles. The maximum absolute atomic E-state index is 11.1. The Kier molecular flexibility index (Phi) is 4.21. The molecule has 0 aromatic carbocycles. The molecule has 1 amide bonds. The molecular formula is C13H23N5O. The Morgan fingerprint density at radius 2 is 2.26 bits per heavy atom. The van der Waals surface area contributed by atoms with Gasteiger partial charge in [-0.3, -0.25) is 9.69 Å². The number of rotatable bonds is 6. The number of hydrogen-bond acceptors (Lipinski definition) is 4. The smallest absolute Gasteiger partial charge is 0.237 e. The number of unbranched alkanes of at least 4 members (excludes halogenated alkanes) is 1. The minimum atomic E-state index is -0.877. The van der Waals surface area contributed by atoms with Gasteiger partial charge in [-0.15, -0.1) is 0 Å². The average molecular weight is 265 g/mol. The molecule has 4 N–H and O–H groups in total. The monoisotopic (exact) mass is 265 g/mol. The molecule has 0 radical (unpaired) electrons. The Morgan fingerprint density at radius 3 is 3.00 bits per heavy atom. The minimum absolute atomic E-state index is 0.424. The number of fused-ring (bicyclic) bond motifs is 1. The van der Waals surface area contributed by atoms with Crippen molar-refractivity contribution in [1.29, 1.82) is 0 Å². The first-order valence-electron chi connectivity index (χ1n) is 6.80. The molecule has 6 nitrogen and oxygen atoms in total. The second kappa shape index (κ2) is 5.71. The SMILES string of the molecule is CC(N)(CCCCN1CCn2ccnc2C1)C(N)=O. The molecule has 2 heterocycles. The van der Waals surface area contributed by atoms with Crippen LogP contribution in [0.15, 0.2) is 12.4 Å². The Balaban J connectivity index is 1.69. The molecule has 6 heteroatoms. The van der Waals surface area contributed by atoms with Crippen molar-refractivity contribution >= 4 is 5.91 Å². The van der Waals surface area contributed by atoms with Gasteiger partial charge in [0, 0.05) is 25.5 Å². The van der Waals surface area contributed by atoms with Gasteiger partial charge in [-0.05, 0) is 32.7 Å². The fourth-order valence-corrected chi connectivity index (χ4v) is 2.37. The summed E-state index contributed by atoms with van der Waals surface area (Å²) in [7, 11) is 0. The van der Waals surface area contributed by atoms with E-state index in [2.05, 4.69) is 14.5 Å². The molecule has 0 spiro atoms. The van der Waals surface area contributed by atoms with Gasteiger partial charge in [0.25, 0.3) is 0 Å². The summed E-state index contributed by atoms with van der Waals surface area (Å²) in [5.74, 6) is 0.708. The van der Waals surface area contributed by atoms with Crippen molar-refractivity contribution in [3.63, 3.8) is 0 Å². The molecular weight excluding hydrogens is 242 g/mol. The van der Waals surface area contributed by atoms with Gasteiger partial charge in [-0.25, -0.2) is 4.98 Å². The van der Waals surface area contributed by atoms with Gasteiger partial charge in [0.15, 0.2) is 0 Å². The molecule has 106 valence electrons. The Bertz CT molecular complexity index is 440. The molecule has 1 aliphatic rings. The predicted octanol–water partition coefficient (Wildman–Crippen LogP) is 0.0717. The van der Waals surface area contributed by atoms with Crippen molar-refractivity contribution in [3.05, 3.63) is 18.2 Å². The van der Waals surface area contributed by atoms with E-state index >= 15 is 0 Å². The van der Waals surface area contributed by atoms with Crippen molar-refractivity contribution in [1.82, 2.24) is 14.5 Å². The molecule has 1 aliphatic heterocycles. The second-order valence-electron chi connectivity index (χ2n) is 5.55. The van der Waals surface area contributed by atoms with Gasteiger partial charge < -0.3 is 16.0 Å². The first-order chi connectivity index (χ1) is 8.99. The molecule has 0 bridgehead atoms. The fraction of sp³-hybridized carbons (Fsp3) is 0.692. The summed E-state index contributed by atoms with van der Waals surface area (Å²) in [5, 5.41) is 0. The number of primary amides is 1. The van der Waals surface area contributed by atoms with Gasteiger partial charge in [-0.2, -0.15) is 0 Å². The number of nitrogens with zero attached hydrogens (tertiary/aromatic N) is 3. The van der Waals surface area contributed by atoms with Crippen molar-refractivity contribution in [2.45, 2.75) is 44.8 Å². The van der Waals surface area contributed by atoms with Crippen molar-refractivity contribution < 1.29 is 4.79 Å². The van der Waals surface area contributed by atoms with Crippen LogP contribution in [0.4, 0.5) is 0 Å². The zero-order valence-corrected chi connectivity index (χ0v) is 11.5. The van der Waals surface area contributed by atoms with Gasteiger partial charge >= 0.3 is 0 Å². The topological polar surface area (TPSA) is 90.2 Å². The summed E-state index contributed by atoms with van der Waals surface area (Å²) in [6, 6.07) is 0. The van der Waals surface area contributed by atoms with Crippen LogP contribution in [-0.2, 0) is 17.9 Å². The van der Waals surface area contributed by atoms with Crippen LogP contribution in [0.2, 0.25) is 0 Å². The number of hydrogen-bond donors (Lipinski definition) is 2. The standard InChI is InChI=1S/C13H23N5O/c1-13(15,12(14)19)4-2-3-6-17-8-9-18-7-5-16-11(18)10-17/h5,7H,2-4,6,8-10,15H2,1H3,(H2,14,19). The van der Waals surface area contributed by atoms with E-state index in [9.17, 15) is 4.79 Å². The third kappa shape index (κ3) is 3.54. The van der Waals surface area contributed by atoms with E-state index < -0.39 is 11.4 Å².